The third-order valence-corrected chi connectivity index (χ3v) is 10.0. The van der Waals surface area contributed by atoms with E-state index in [1.807, 2.05) is 12.1 Å². The number of carbonyl (C=O) groups excluding carboxylic acids is 2. The van der Waals surface area contributed by atoms with E-state index in [0.29, 0.717) is 49.1 Å². The van der Waals surface area contributed by atoms with Crippen molar-refractivity contribution < 1.29 is 45.4 Å². The molecule has 47 heavy (non-hydrogen) atoms. The highest BCUT2D eigenvalue weighted by molar-refractivity contribution is 7.89. The molecule has 2 saturated heterocycles. The fourth-order valence-corrected chi connectivity index (χ4v) is 7.27. The number of amides is 1. The van der Waals surface area contributed by atoms with E-state index in [4.69, 9.17) is 14.2 Å². The van der Waals surface area contributed by atoms with Gasteiger partial charge in [-0.3, -0.25) is 9.59 Å². The van der Waals surface area contributed by atoms with Gasteiger partial charge in [0.25, 0.3) is 5.91 Å². The minimum absolute atomic E-state index is 0.0273. The van der Waals surface area contributed by atoms with Crippen molar-refractivity contribution in [1.29, 1.82) is 0 Å². The molecule has 0 unspecified atom stereocenters. The molecule has 2 heterocycles. The van der Waals surface area contributed by atoms with Crippen molar-refractivity contribution in [1.82, 2.24) is 4.31 Å². The minimum Gasteiger partial charge on any atom is -0.497 e. The maximum Gasteiger partial charge on any atom is 0.416 e. The van der Waals surface area contributed by atoms with Crippen molar-refractivity contribution in [2.24, 2.45) is 0 Å². The van der Waals surface area contributed by atoms with Crippen LogP contribution in [-0.4, -0.2) is 76.7 Å². The topological polar surface area (TPSA) is 114 Å². The molecule has 2 fully saturated rings. The summed E-state index contributed by atoms with van der Waals surface area (Å²) in [4.78, 5) is 28.8. The van der Waals surface area contributed by atoms with E-state index >= 15 is 0 Å². The molecule has 0 radical (unpaired) electrons. The summed E-state index contributed by atoms with van der Waals surface area (Å²) in [7, 11) is -3.00. The van der Waals surface area contributed by atoms with Crippen LogP contribution in [0.5, 0.6) is 5.75 Å². The Kier molecular flexibility index (Phi) is 10.7. The molecule has 2 aliphatic heterocycles. The SMILES string of the molecule is COc1ccc(C[C@H](OC(=O)[C@@H]2CCCCN2S(=O)(=O)c2cccc(C(F)(F)F)c2)C(=O)Nc2ccc(N3CCOCC3)cc2)cc1. The van der Waals surface area contributed by atoms with Gasteiger partial charge in [0.05, 0.1) is 30.8 Å². The predicted molar refractivity (Wildman–Crippen MR) is 168 cm³/mol. The van der Waals surface area contributed by atoms with Crippen molar-refractivity contribution in [3.63, 3.8) is 0 Å². The van der Waals surface area contributed by atoms with E-state index in [-0.39, 0.29) is 19.4 Å². The molecule has 0 bridgehead atoms. The maximum atomic E-state index is 13.7. The van der Waals surface area contributed by atoms with Gasteiger partial charge in [-0.2, -0.15) is 17.5 Å². The molecule has 1 N–H and O–H groups in total. The van der Waals surface area contributed by atoms with Gasteiger partial charge in [0, 0.05) is 37.4 Å². The highest BCUT2D eigenvalue weighted by Gasteiger charge is 2.41. The third kappa shape index (κ3) is 8.42. The minimum atomic E-state index is -4.75. The Hall–Kier alpha value is -4.14. The second-order valence-corrected chi connectivity index (χ2v) is 13.2. The molecular weight excluding hydrogens is 639 g/mol. The zero-order valence-corrected chi connectivity index (χ0v) is 26.6. The number of halogens is 3. The van der Waals surface area contributed by atoms with E-state index in [1.165, 1.54) is 7.11 Å². The zero-order valence-electron chi connectivity index (χ0n) is 25.7. The van der Waals surface area contributed by atoms with E-state index in [0.717, 1.165) is 41.3 Å². The Morgan fingerprint density at radius 3 is 2.34 bits per heavy atom. The van der Waals surface area contributed by atoms with Gasteiger partial charge in [0.2, 0.25) is 10.0 Å². The van der Waals surface area contributed by atoms with E-state index in [1.54, 1.807) is 36.4 Å². The van der Waals surface area contributed by atoms with Gasteiger partial charge >= 0.3 is 12.1 Å². The number of morpholine rings is 1. The number of piperidine rings is 1. The predicted octanol–water partition coefficient (Wildman–Crippen LogP) is 4.89. The van der Waals surface area contributed by atoms with Crippen LogP contribution in [-0.2, 0) is 41.7 Å². The van der Waals surface area contributed by atoms with Crippen molar-refractivity contribution >= 4 is 33.3 Å². The van der Waals surface area contributed by atoms with Crippen LogP contribution in [0, 0.1) is 0 Å². The van der Waals surface area contributed by atoms with Crippen LogP contribution in [0.15, 0.2) is 77.7 Å². The molecule has 1 amide bonds. The lowest BCUT2D eigenvalue weighted by molar-refractivity contribution is -0.158. The number of carbonyl (C=O) groups is 2. The number of rotatable bonds is 10. The average Bonchev–Trinajstić information content (AvgIpc) is 3.08. The van der Waals surface area contributed by atoms with Gasteiger partial charge in [0.1, 0.15) is 11.8 Å². The van der Waals surface area contributed by atoms with Gasteiger partial charge in [-0.25, -0.2) is 8.42 Å². The number of alkyl halides is 3. The van der Waals surface area contributed by atoms with Gasteiger partial charge in [-0.1, -0.05) is 18.2 Å². The monoisotopic (exact) mass is 675 g/mol. The van der Waals surface area contributed by atoms with Crippen LogP contribution in [0.4, 0.5) is 24.5 Å². The molecule has 2 atom stereocenters. The molecule has 10 nitrogen and oxygen atoms in total. The highest BCUT2D eigenvalue weighted by atomic mass is 32.2. The lowest BCUT2D eigenvalue weighted by Crippen LogP contribution is -2.50. The maximum absolute atomic E-state index is 13.7. The lowest BCUT2D eigenvalue weighted by Gasteiger charge is -2.34. The second-order valence-electron chi connectivity index (χ2n) is 11.3. The molecule has 14 heteroatoms. The number of sulfonamides is 1. The summed E-state index contributed by atoms with van der Waals surface area (Å²) in [5.41, 5.74) is 0.962. The molecule has 3 aromatic carbocycles. The van der Waals surface area contributed by atoms with Crippen LogP contribution >= 0.6 is 0 Å². The summed E-state index contributed by atoms with van der Waals surface area (Å²) >= 11 is 0. The molecule has 0 saturated carbocycles. The first-order chi connectivity index (χ1) is 22.5. The number of ether oxygens (including phenoxy) is 3. The van der Waals surface area contributed by atoms with Gasteiger partial charge in [0.15, 0.2) is 6.10 Å². The molecule has 252 valence electrons. The molecule has 3 aromatic rings. The average molecular weight is 676 g/mol. The normalized spacial score (nSPS) is 18.3. The first kappa shape index (κ1) is 34.2. The summed E-state index contributed by atoms with van der Waals surface area (Å²) in [5.74, 6) is -1.00. The summed E-state index contributed by atoms with van der Waals surface area (Å²) < 4.78 is 84.5. The zero-order chi connectivity index (χ0) is 33.6. The number of anilines is 2. The standard InChI is InChI=1S/C33H36F3N3O7S/c1-44-27-14-8-23(9-15-27)21-30(31(40)37-25-10-12-26(13-11-25)38-17-19-45-20-18-38)46-32(41)29-7-2-3-16-39(29)47(42,43)28-6-4-5-24(22-28)33(34,35)36/h4-6,8-15,22,29-30H,2-3,7,16-21H2,1H3,(H,37,40)/t29-,30-/m0/s1. The van der Waals surface area contributed by atoms with Gasteiger partial charge < -0.3 is 24.4 Å². The fourth-order valence-electron chi connectivity index (χ4n) is 5.58. The smallest absolute Gasteiger partial charge is 0.416 e. The number of nitrogens with one attached hydrogen (secondary N) is 1. The summed E-state index contributed by atoms with van der Waals surface area (Å²) in [6, 6.07) is 16.1. The van der Waals surface area contributed by atoms with Crippen LogP contribution in [0.1, 0.15) is 30.4 Å². The quantitative estimate of drug-likeness (QED) is 0.303. The first-order valence-electron chi connectivity index (χ1n) is 15.2. The van der Waals surface area contributed by atoms with Gasteiger partial charge in [-0.15, -0.1) is 0 Å². The number of esters is 1. The fraction of sp³-hybridized carbons (Fsp3) is 0.394. The first-order valence-corrected chi connectivity index (χ1v) is 16.7. The number of methoxy groups -OCH3 is 1. The van der Waals surface area contributed by atoms with Gasteiger partial charge in [-0.05, 0) is 79.4 Å². The number of hydrogen-bond donors (Lipinski definition) is 1. The van der Waals surface area contributed by atoms with Crippen LogP contribution in [0.2, 0.25) is 0 Å². The second kappa shape index (κ2) is 14.7. The lowest BCUT2D eigenvalue weighted by atomic mass is 10.0. The molecule has 0 aromatic heterocycles. The van der Waals surface area contributed by atoms with Crippen LogP contribution < -0.4 is 15.0 Å². The third-order valence-electron chi connectivity index (χ3n) is 8.14. The highest BCUT2D eigenvalue weighted by Crippen LogP contribution is 2.33. The van der Waals surface area contributed by atoms with E-state index < -0.39 is 50.7 Å². The number of benzene rings is 3. The summed E-state index contributed by atoms with van der Waals surface area (Å²) in [5, 5.41) is 2.79. The molecule has 0 spiro atoms. The Morgan fingerprint density at radius 1 is 0.979 bits per heavy atom. The van der Waals surface area contributed by atoms with E-state index in [9.17, 15) is 31.2 Å². The van der Waals surface area contributed by atoms with Crippen LogP contribution in [0.25, 0.3) is 0 Å². The molecule has 2 aliphatic rings. The van der Waals surface area contributed by atoms with Crippen molar-refractivity contribution in [3.05, 3.63) is 83.9 Å². The van der Waals surface area contributed by atoms with Crippen molar-refractivity contribution in [2.45, 2.75) is 48.9 Å². The molecule has 0 aliphatic carbocycles. The molecule has 5 rings (SSSR count). The Labute approximate surface area is 271 Å². The Bertz CT molecular complexity index is 1650. The largest absolute Gasteiger partial charge is 0.497 e. The Balaban J connectivity index is 1.36. The van der Waals surface area contributed by atoms with Crippen molar-refractivity contribution in [3.8, 4) is 5.75 Å². The number of hydrogen-bond acceptors (Lipinski definition) is 8. The summed E-state index contributed by atoms with van der Waals surface area (Å²) in [6.07, 6.45) is -5.17. The Morgan fingerprint density at radius 2 is 1.68 bits per heavy atom. The number of nitrogens with zero attached hydrogens (tertiary/aromatic N) is 2. The summed E-state index contributed by atoms with van der Waals surface area (Å²) in [6.45, 7) is 2.64. The van der Waals surface area contributed by atoms with Crippen LogP contribution in [0.3, 0.4) is 0 Å². The van der Waals surface area contributed by atoms with E-state index in [2.05, 4.69) is 10.2 Å². The van der Waals surface area contributed by atoms with Crippen molar-refractivity contribution in [2.75, 3.05) is 50.2 Å². The molecular formula is C33H36F3N3O7S.